The van der Waals surface area contributed by atoms with Gasteiger partial charge in [0.2, 0.25) is 0 Å². The molecule has 1 aliphatic rings. The average Bonchev–Trinajstić information content (AvgIpc) is 2.83. The predicted octanol–water partition coefficient (Wildman–Crippen LogP) is 3.69. The van der Waals surface area contributed by atoms with Gasteiger partial charge in [-0.3, -0.25) is 14.5 Å². The number of hydrogen-bond acceptors (Lipinski definition) is 4. The Balaban J connectivity index is 2.30. The molecule has 2 amide bonds. The van der Waals surface area contributed by atoms with Crippen LogP contribution in [0.3, 0.4) is 0 Å². The molecule has 5 heteroatoms. The number of imide groups is 1. The highest BCUT2D eigenvalue weighted by Gasteiger charge is 2.38. The van der Waals surface area contributed by atoms with E-state index < -0.39 is 0 Å². The quantitative estimate of drug-likeness (QED) is 0.538. The molecular weight excluding hydrogens is 334 g/mol. The maximum atomic E-state index is 12.9. The molecule has 0 fully saturated rings. The van der Waals surface area contributed by atoms with Crippen molar-refractivity contribution in [3.8, 4) is 0 Å². The van der Waals surface area contributed by atoms with Gasteiger partial charge < -0.3 is 5.11 Å². The summed E-state index contributed by atoms with van der Waals surface area (Å²) in [6, 6.07) is 5.85. The van der Waals surface area contributed by atoms with Crippen molar-refractivity contribution in [1.29, 1.82) is 0 Å². The maximum absolute atomic E-state index is 12.9. The van der Waals surface area contributed by atoms with Crippen LogP contribution in [0.5, 0.6) is 0 Å². The summed E-state index contributed by atoms with van der Waals surface area (Å²) in [4.78, 5) is 27.5. The van der Waals surface area contributed by atoms with Gasteiger partial charge in [0.05, 0.1) is 17.1 Å². The molecular formula is C20H27NO3S. The second-order valence-corrected chi connectivity index (χ2v) is 7.50. The first-order valence-corrected chi connectivity index (χ1v) is 9.91. The van der Waals surface area contributed by atoms with E-state index in [1.807, 2.05) is 32.0 Å². The Hall–Kier alpha value is -1.59. The van der Waals surface area contributed by atoms with Crippen molar-refractivity contribution < 1.29 is 14.7 Å². The molecule has 0 saturated heterocycles. The third kappa shape index (κ3) is 4.53. The van der Waals surface area contributed by atoms with Crippen LogP contribution in [0.4, 0.5) is 0 Å². The summed E-state index contributed by atoms with van der Waals surface area (Å²) in [5.74, 6) is -0.00908. The SMILES string of the molecule is CCCCCCN1C(=O)C(SCCO)=C(c2ccc(C)c(C)c2)C1=O. The van der Waals surface area contributed by atoms with E-state index in [9.17, 15) is 9.59 Å². The van der Waals surface area contributed by atoms with Crippen LogP contribution in [-0.2, 0) is 9.59 Å². The van der Waals surface area contributed by atoms with E-state index in [-0.39, 0.29) is 18.4 Å². The van der Waals surface area contributed by atoms with Crippen LogP contribution < -0.4 is 0 Å². The van der Waals surface area contributed by atoms with Gasteiger partial charge in [-0.15, -0.1) is 11.8 Å². The Bertz CT molecular complexity index is 682. The number of rotatable bonds is 9. The van der Waals surface area contributed by atoms with Crippen LogP contribution in [-0.4, -0.2) is 40.7 Å². The third-order valence-electron chi connectivity index (χ3n) is 4.49. The van der Waals surface area contributed by atoms with E-state index in [2.05, 4.69) is 6.92 Å². The molecule has 1 aromatic rings. The molecule has 0 aromatic heterocycles. The van der Waals surface area contributed by atoms with Crippen LogP contribution in [0.2, 0.25) is 0 Å². The standard InChI is InChI=1S/C20H27NO3S/c1-4-5-6-7-10-21-19(23)17(18(20(21)24)25-12-11-22)16-9-8-14(2)15(3)13-16/h8-9,13,22H,4-7,10-12H2,1-3H3. The monoisotopic (exact) mass is 361 g/mol. The molecule has 0 aliphatic carbocycles. The lowest BCUT2D eigenvalue weighted by Crippen LogP contribution is -2.32. The average molecular weight is 362 g/mol. The summed E-state index contributed by atoms with van der Waals surface area (Å²) in [6.07, 6.45) is 4.08. The van der Waals surface area contributed by atoms with Gasteiger partial charge in [-0.1, -0.05) is 44.4 Å². The summed E-state index contributed by atoms with van der Waals surface area (Å²) >= 11 is 1.27. The molecule has 0 spiro atoms. The highest BCUT2D eigenvalue weighted by Crippen LogP contribution is 2.36. The fourth-order valence-electron chi connectivity index (χ4n) is 2.89. The van der Waals surface area contributed by atoms with E-state index >= 15 is 0 Å². The fourth-order valence-corrected chi connectivity index (χ4v) is 3.77. The Kier molecular flexibility index (Phi) is 7.26. The van der Waals surface area contributed by atoms with Crippen LogP contribution >= 0.6 is 11.8 Å². The molecule has 1 heterocycles. The highest BCUT2D eigenvalue weighted by molar-refractivity contribution is 8.04. The van der Waals surface area contributed by atoms with Crippen molar-refractivity contribution in [3.05, 3.63) is 39.8 Å². The smallest absolute Gasteiger partial charge is 0.267 e. The first-order chi connectivity index (χ1) is 12.0. The van der Waals surface area contributed by atoms with Crippen LogP contribution in [0.1, 0.15) is 49.3 Å². The number of amides is 2. The second-order valence-electron chi connectivity index (χ2n) is 6.40. The van der Waals surface area contributed by atoms with Gasteiger partial charge in [-0.25, -0.2) is 0 Å². The molecule has 0 unspecified atom stereocenters. The lowest BCUT2D eigenvalue weighted by atomic mass is 10.0. The van der Waals surface area contributed by atoms with E-state index in [1.165, 1.54) is 16.7 Å². The third-order valence-corrected chi connectivity index (χ3v) is 5.55. The number of aryl methyl sites for hydroxylation is 2. The van der Waals surface area contributed by atoms with E-state index in [0.717, 1.165) is 42.4 Å². The van der Waals surface area contributed by atoms with Crippen LogP contribution in [0.25, 0.3) is 5.57 Å². The predicted molar refractivity (Wildman–Crippen MR) is 103 cm³/mol. The van der Waals surface area contributed by atoms with Gasteiger partial charge in [0.1, 0.15) is 0 Å². The van der Waals surface area contributed by atoms with E-state index in [4.69, 9.17) is 5.11 Å². The Morgan fingerprint density at radius 3 is 2.44 bits per heavy atom. The first kappa shape index (κ1) is 19.7. The Morgan fingerprint density at radius 1 is 1.04 bits per heavy atom. The molecule has 0 radical (unpaired) electrons. The number of hydrogen-bond donors (Lipinski definition) is 1. The van der Waals surface area contributed by atoms with Crippen molar-refractivity contribution in [3.63, 3.8) is 0 Å². The normalized spacial score (nSPS) is 14.8. The summed E-state index contributed by atoms with van der Waals surface area (Å²) in [6.45, 7) is 6.61. The van der Waals surface area contributed by atoms with E-state index in [1.54, 1.807) is 0 Å². The molecule has 1 aromatic carbocycles. The van der Waals surface area contributed by atoms with Crippen LogP contribution in [0, 0.1) is 13.8 Å². The summed E-state index contributed by atoms with van der Waals surface area (Å²) in [5.41, 5.74) is 3.53. The van der Waals surface area contributed by atoms with E-state index in [0.29, 0.717) is 22.8 Å². The number of aliphatic hydroxyl groups excluding tert-OH is 1. The lowest BCUT2D eigenvalue weighted by Gasteiger charge is -2.15. The molecule has 1 N–H and O–H groups in total. The Morgan fingerprint density at radius 2 is 1.80 bits per heavy atom. The molecule has 1 aliphatic heterocycles. The molecule has 4 nitrogen and oxygen atoms in total. The maximum Gasteiger partial charge on any atom is 0.267 e. The van der Waals surface area contributed by atoms with Gasteiger partial charge in [-0.2, -0.15) is 0 Å². The highest BCUT2D eigenvalue weighted by atomic mass is 32.2. The molecule has 0 saturated carbocycles. The van der Waals surface area contributed by atoms with Crippen molar-refractivity contribution in [2.45, 2.75) is 46.5 Å². The number of carbonyl (C=O) groups excluding carboxylic acids is 2. The molecule has 0 atom stereocenters. The number of carbonyl (C=O) groups is 2. The van der Waals surface area contributed by atoms with Crippen molar-refractivity contribution >= 4 is 29.1 Å². The number of benzene rings is 1. The van der Waals surface area contributed by atoms with Gasteiger partial charge in [0.25, 0.3) is 11.8 Å². The number of thioether (sulfide) groups is 1. The fraction of sp³-hybridized carbons (Fsp3) is 0.500. The Labute approximate surface area is 154 Å². The number of nitrogens with zero attached hydrogens (tertiary/aromatic N) is 1. The minimum absolute atomic E-state index is 0.0215. The zero-order valence-electron chi connectivity index (χ0n) is 15.3. The zero-order chi connectivity index (χ0) is 18.4. The van der Waals surface area contributed by atoms with Gasteiger partial charge in [-0.05, 0) is 37.0 Å². The topological polar surface area (TPSA) is 57.6 Å². The largest absolute Gasteiger partial charge is 0.396 e. The number of unbranched alkanes of at least 4 members (excludes halogenated alkanes) is 3. The second kappa shape index (κ2) is 9.20. The summed E-state index contributed by atoms with van der Waals surface area (Å²) < 4.78 is 0. The number of aliphatic hydroxyl groups is 1. The van der Waals surface area contributed by atoms with Crippen LogP contribution in [0.15, 0.2) is 23.1 Å². The summed E-state index contributed by atoms with van der Waals surface area (Å²) in [7, 11) is 0. The molecule has 2 rings (SSSR count). The molecule has 0 bridgehead atoms. The minimum atomic E-state index is -0.215. The van der Waals surface area contributed by atoms with Gasteiger partial charge in [0.15, 0.2) is 0 Å². The van der Waals surface area contributed by atoms with Crippen molar-refractivity contribution in [2.24, 2.45) is 0 Å². The minimum Gasteiger partial charge on any atom is -0.396 e. The lowest BCUT2D eigenvalue weighted by molar-refractivity contribution is -0.136. The summed E-state index contributed by atoms with van der Waals surface area (Å²) in [5, 5.41) is 9.13. The molecule has 25 heavy (non-hydrogen) atoms. The van der Waals surface area contributed by atoms with Crippen molar-refractivity contribution in [1.82, 2.24) is 4.90 Å². The zero-order valence-corrected chi connectivity index (χ0v) is 16.1. The van der Waals surface area contributed by atoms with Crippen molar-refractivity contribution in [2.75, 3.05) is 18.9 Å². The van der Waals surface area contributed by atoms with Gasteiger partial charge in [0, 0.05) is 12.3 Å². The molecule has 136 valence electrons. The van der Waals surface area contributed by atoms with Gasteiger partial charge >= 0.3 is 0 Å². The first-order valence-electron chi connectivity index (χ1n) is 8.93.